The Labute approximate surface area is 87.4 Å². The molecule has 0 amide bonds. The largest absolute Gasteiger partial charge is 0.455 e. The van der Waals surface area contributed by atoms with Gasteiger partial charge in [-0.25, -0.2) is 4.39 Å². The number of nitrogens with zero attached hydrogens (tertiary/aromatic N) is 1. The van der Waals surface area contributed by atoms with Crippen molar-refractivity contribution in [3.05, 3.63) is 54.1 Å². The highest BCUT2D eigenvalue weighted by Crippen LogP contribution is 2.23. The zero-order valence-corrected chi connectivity index (χ0v) is 8.27. The monoisotopic (exact) mass is 203 g/mol. The number of ether oxygens (including phenoxy) is 1. The van der Waals surface area contributed by atoms with Crippen molar-refractivity contribution < 1.29 is 9.13 Å². The second-order valence-corrected chi connectivity index (χ2v) is 3.20. The molecular weight excluding hydrogens is 193 g/mol. The fourth-order valence-corrected chi connectivity index (χ4v) is 1.19. The predicted molar refractivity (Wildman–Crippen MR) is 55.4 cm³/mol. The topological polar surface area (TPSA) is 22.1 Å². The average Bonchev–Trinajstić information content (AvgIpc) is 2.25. The van der Waals surface area contributed by atoms with Gasteiger partial charge in [0.1, 0.15) is 17.3 Å². The van der Waals surface area contributed by atoms with Crippen LogP contribution in [0.1, 0.15) is 5.56 Å². The maximum Gasteiger partial charge on any atom is 0.148 e. The van der Waals surface area contributed by atoms with Crippen molar-refractivity contribution in [2.24, 2.45) is 0 Å². The van der Waals surface area contributed by atoms with E-state index in [4.69, 9.17) is 4.74 Å². The molecule has 3 heteroatoms. The van der Waals surface area contributed by atoms with Crippen LogP contribution in [0.15, 0.2) is 42.7 Å². The van der Waals surface area contributed by atoms with Gasteiger partial charge in [0, 0.05) is 6.20 Å². The summed E-state index contributed by atoms with van der Waals surface area (Å²) >= 11 is 0. The van der Waals surface area contributed by atoms with Gasteiger partial charge in [-0.2, -0.15) is 0 Å². The molecule has 1 aromatic heterocycles. The smallest absolute Gasteiger partial charge is 0.148 e. The molecule has 15 heavy (non-hydrogen) atoms. The molecule has 0 atom stereocenters. The molecule has 2 rings (SSSR count). The minimum absolute atomic E-state index is 0.273. The van der Waals surface area contributed by atoms with Crippen LogP contribution >= 0.6 is 0 Å². The molecule has 76 valence electrons. The van der Waals surface area contributed by atoms with Gasteiger partial charge >= 0.3 is 0 Å². The Morgan fingerprint density at radius 2 is 1.87 bits per heavy atom. The first-order valence-electron chi connectivity index (χ1n) is 4.60. The molecule has 0 saturated heterocycles. The molecule has 0 aliphatic rings. The van der Waals surface area contributed by atoms with Crippen LogP contribution in [-0.4, -0.2) is 4.98 Å². The van der Waals surface area contributed by atoms with Crippen LogP contribution in [0.3, 0.4) is 0 Å². The molecule has 0 radical (unpaired) electrons. The van der Waals surface area contributed by atoms with Gasteiger partial charge in [0.15, 0.2) is 0 Å². The quantitative estimate of drug-likeness (QED) is 0.746. The van der Waals surface area contributed by atoms with Crippen molar-refractivity contribution in [1.29, 1.82) is 0 Å². The van der Waals surface area contributed by atoms with E-state index < -0.39 is 0 Å². The van der Waals surface area contributed by atoms with Gasteiger partial charge in [-0.15, -0.1) is 0 Å². The number of hydrogen-bond donors (Lipinski definition) is 0. The summed E-state index contributed by atoms with van der Waals surface area (Å²) < 4.78 is 18.2. The Morgan fingerprint density at radius 3 is 2.53 bits per heavy atom. The van der Waals surface area contributed by atoms with Crippen LogP contribution in [0.2, 0.25) is 0 Å². The second-order valence-electron chi connectivity index (χ2n) is 3.20. The molecule has 0 bridgehead atoms. The van der Waals surface area contributed by atoms with Crippen molar-refractivity contribution in [2.45, 2.75) is 6.92 Å². The summed E-state index contributed by atoms with van der Waals surface area (Å²) in [6.45, 7) is 1.93. The third kappa shape index (κ3) is 2.31. The molecule has 0 spiro atoms. The number of aromatic nitrogens is 1. The number of benzene rings is 1. The summed E-state index contributed by atoms with van der Waals surface area (Å²) in [6, 6.07) is 7.75. The Hall–Kier alpha value is -1.90. The number of pyridine rings is 1. The number of rotatable bonds is 2. The van der Waals surface area contributed by atoms with Gasteiger partial charge in [-0.05, 0) is 42.8 Å². The van der Waals surface area contributed by atoms with E-state index in [1.165, 1.54) is 12.1 Å². The van der Waals surface area contributed by atoms with Crippen LogP contribution in [0.4, 0.5) is 4.39 Å². The molecule has 2 nitrogen and oxygen atoms in total. The highest BCUT2D eigenvalue weighted by Gasteiger charge is 2.00. The zero-order valence-electron chi connectivity index (χ0n) is 8.27. The van der Waals surface area contributed by atoms with Gasteiger partial charge in [0.05, 0.1) is 6.20 Å². The molecule has 1 aromatic carbocycles. The molecule has 1 heterocycles. The fraction of sp³-hybridized carbons (Fsp3) is 0.0833. The van der Waals surface area contributed by atoms with E-state index in [-0.39, 0.29) is 5.82 Å². The van der Waals surface area contributed by atoms with Crippen LogP contribution in [-0.2, 0) is 0 Å². The van der Waals surface area contributed by atoms with Gasteiger partial charge in [0.2, 0.25) is 0 Å². The second kappa shape index (κ2) is 4.09. The highest BCUT2D eigenvalue weighted by molar-refractivity contribution is 5.34. The van der Waals surface area contributed by atoms with E-state index >= 15 is 0 Å². The summed E-state index contributed by atoms with van der Waals surface area (Å²) in [5.41, 5.74) is 0.995. The number of halogens is 1. The molecule has 0 N–H and O–H groups in total. The Balaban J connectivity index is 2.22. The van der Waals surface area contributed by atoms with Crippen LogP contribution in [0, 0.1) is 12.7 Å². The molecule has 0 unspecified atom stereocenters. The lowest BCUT2D eigenvalue weighted by molar-refractivity contribution is 0.474. The zero-order chi connectivity index (χ0) is 10.7. The number of hydrogen-bond acceptors (Lipinski definition) is 2. The first-order chi connectivity index (χ1) is 7.25. The Kier molecular flexibility index (Phi) is 2.63. The predicted octanol–water partition coefficient (Wildman–Crippen LogP) is 3.32. The Morgan fingerprint density at radius 1 is 1.13 bits per heavy atom. The molecule has 0 aliphatic carbocycles. The van der Waals surface area contributed by atoms with Crippen molar-refractivity contribution in [1.82, 2.24) is 4.98 Å². The molecular formula is C12H10FNO. The standard InChI is InChI=1S/C12H10FNO/c1-9-6-7-14-8-12(9)15-11-4-2-10(13)3-5-11/h2-8H,1H3. The molecule has 2 aromatic rings. The lowest BCUT2D eigenvalue weighted by Crippen LogP contribution is -1.88. The normalized spacial score (nSPS) is 10.0. The van der Waals surface area contributed by atoms with E-state index in [0.717, 1.165) is 5.56 Å². The number of aryl methyl sites for hydroxylation is 1. The van der Waals surface area contributed by atoms with Crippen molar-refractivity contribution >= 4 is 0 Å². The van der Waals surface area contributed by atoms with Crippen LogP contribution in [0.25, 0.3) is 0 Å². The lowest BCUT2D eigenvalue weighted by Gasteiger charge is -2.07. The minimum atomic E-state index is -0.273. The van der Waals surface area contributed by atoms with Gasteiger partial charge in [-0.1, -0.05) is 0 Å². The third-order valence-electron chi connectivity index (χ3n) is 2.03. The van der Waals surface area contributed by atoms with Crippen molar-refractivity contribution in [3.63, 3.8) is 0 Å². The minimum Gasteiger partial charge on any atom is -0.455 e. The summed E-state index contributed by atoms with van der Waals surface area (Å²) in [4.78, 5) is 3.96. The SMILES string of the molecule is Cc1ccncc1Oc1ccc(F)cc1. The van der Waals surface area contributed by atoms with E-state index in [9.17, 15) is 4.39 Å². The first-order valence-corrected chi connectivity index (χ1v) is 4.60. The van der Waals surface area contributed by atoms with Crippen LogP contribution in [0.5, 0.6) is 11.5 Å². The maximum absolute atomic E-state index is 12.6. The molecule has 0 aliphatic heterocycles. The van der Waals surface area contributed by atoms with Gasteiger partial charge in [0.25, 0.3) is 0 Å². The lowest BCUT2D eigenvalue weighted by atomic mass is 10.3. The van der Waals surface area contributed by atoms with Crippen molar-refractivity contribution in [2.75, 3.05) is 0 Å². The van der Waals surface area contributed by atoms with E-state index in [1.807, 2.05) is 13.0 Å². The van der Waals surface area contributed by atoms with Crippen LogP contribution < -0.4 is 4.74 Å². The van der Waals surface area contributed by atoms with E-state index in [0.29, 0.717) is 11.5 Å². The fourth-order valence-electron chi connectivity index (χ4n) is 1.19. The van der Waals surface area contributed by atoms with E-state index in [2.05, 4.69) is 4.98 Å². The summed E-state index contributed by atoms with van der Waals surface area (Å²) in [7, 11) is 0. The Bertz CT molecular complexity index is 453. The summed E-state index contributed by atoms with van der Waals surface area (Å²) in [5, 5.41) is 0. The molecule has 0 fully saturated rings. The van der Waals surface area contributed by atoms with E-state index in [1.54, 1.807) is 24.5 Å². The first kappa shape index (κ1) is 9.65. The van der Waals surface area contributed by atoms with Gasteiger partial charge in [-0.3, -0.25) is 4.98 Å². The van der Waals surface area contributed by atoms with Crippen molar-refractivity contribution in [3.8, 4) is 11.5 Å². The average molecular weight is 203 g/mol. The highest BCUT2D eigenvalue weighted by atomic mass is 19.1. The summed E-state index contributed by atoms with van der Waals surface area (Å²) in [5.74, 6) is 1.02. The molecule has 0 saturated carbocycles. The third-order valence-corrected chi connectivity index (χ3v) is 2.03. The summed E-state index contributed by atoms with van der Waals surface area (Å²) in [6.07, 6.45) is 3.34. The maximum atomic E-state index is 12.6. The van der Waals surface area contributed by atoms with Gasteiger partial charge < -0.3 is 4.74 Å².